The molecule has 0 spiro atoms. The van der Waals surface area contributed by atoms with E-state index in [1.165, 1.54) is 17.3 Å². The maximum Gasteiger partial charge on any atom is 0.316 e. The van der Waals surface area contributed by atoms with Crippen LogP contribution in [0.5, 0.6) is 0 Å². The van der Waals surface area contributed by atoms with Crippen LogP contribution in [0, 0.1) is 13.8 Å². The standard InChI is InChI=1S/C14H20O2S/c1-4-5-6-12(14(15)16)17-13-9-10(2)7-8-11(13)3/h7-9,12H,4-6H2,1-3H3,(H,15,16). The van der Waals surface area contributed by atoms with E-state index in [9.17, 15) is 9.90 Å². The van der Waals surface area contributed by atoms with Gasteiger partial charge >= 0.3 is 5.97 Å². The molecule has 0 fully saturated rings. The predicted molar refractivity (Wildman–Crippen MR) is 72.7 cm³/mol. The number of aryl methyl sites for hydroxylation is 2. The molecule has 1 unspecified atom stereocenters. The van der Waals surface area contributed by atoms with Crippen molar-refractivity contribution >= 4 is 17.7 Å². The van der Waals surface area contributed by atoms with Gasteiger partial charge in [0.2, 0.25) is 0 Å². The number of unbranched alkanes of at least 4 members (excludes halogenated alkanes) is 1. The summed E-state index contributed by atoms with van der Waals surface area (Å²) in [5.41, 5.74) is 2.33. The van der Waals surface area contributed by atoms with E-state index in [1.807, 2.05) is 13.8 Å². The highest BCUT2D eigenvalue weighted by Crippen LogP contribution is 2.30. The van der Waals surface area contributed by atoms with Crippen LogP contribution in [-0.4, -0.2) is 16.3 Å². The van der Waals surface area contributed by atoms with Gasteiger partial charge in [0.05, 0.1) is 0 Å². The van der Waals surface area contributed by atoms with Crippen LogP contribution in [-0.2, 0) is 4.79 Å². The van der Waals surface area contributed by atoms with E-state index in [-0.39, 0.29) is 5.25 Å². The second kappa shape index (κ2) is 6.70. The maximum atomic E-state index is 11.2. The third kappa shape index (κ3) is 4.43. The number of rotatable bonds is 6. The molecule has 2 nitrogen and oxygen atoms in total. The molecule has 0 aliphatic carbocycles. The van der Waals surface area contributed by atoms with E-state index in [0.717, 1.165) is 29.7 Å². The summed E-state index contributed by atoms with van der Waals surface area (Å²) >= 11 is 1.48. The van der Waals surface area contributed by atoms with Crippen molar-refractivity contribution in [1.82, 2.24) is 0 Å². The van der Waals surface area contributed by atoms with E-state index >= 15 is 0 Å². The van der Waals surface area contributed by atoms with Gasteiger partial charge in [-0.05, 0) is 31.9 Å². The lowest BCUT2D eigenvalue weighted by molar-refractivity contribution is -0.136. The van der Waals surface area contributed by atoms with Gasteiger partial charge in [-0.25, -0.2) is 0 Å². The summed E-state index contributed by atoms with van der Waals surface area (Å²) in [6.45, 7) is 6.15. The zero-order chi connectivity index (χ0) is 12.8. The number of hydrogen-bond acceptors (Lipinski definition) is 2. The first-order valence-electron chi connectivity index (χ1n) is 6.01. The molecule has 1 rings (SSSR count). The molecule has 0 amide bonds. The highest BCUT2D eigenvalue weighted by Gasteiger charge is 2.18. The second-order valence-corrected chi connectivity index (χ2v) is 5.60. The Morgan fingerprint density at radius 1 is 1.41 bits per heavy atom. The molecule has 0 saturated heterocycles. The summed E-state index contributed by atoms with van der Waals surface area (Å²) < 4.78 is 0. The van der Waals surface area contributed by atoms with Crippen LogP contribution >= 0.6 is 11.8 Å². The Hall–Kier alpha value is -0.960. The van der Waals surface area contributed by atoms with Crippen LogP contribution in [0.15, 0.2) is 23.1 Å². The van der Waals surface area contributed by atoms with E-state index in [1.54, 1.807) is 0 Å². The Morgan fingerprint density at radius 2 is 2.12 bits per heavy atom. The number of aliphatic carboxylic acids is 1. The van der Waals surface area contributed by atoms with Gasteiger partial charge in [0.15, 0.2) is 0 Å². The van der Waals surface area contributed by atoms with Crippen molar-refractivity contribution in [3.05, 3.63) is 29.3 Å². The minimum atomic E-state index is -0.704. The van der Waals surface area contributed by atoms with Crippen LogP contribution in [0.25, 0.3) is 0 Å². The quantitative estimate of drug-likeness (QED) is 0.776. The van der Waals surface area contributed by atoms with E-state index < -0.39 is 5.97 Å². The fraction of sp³-hybridized carbons (Fsp3) is 0.500. The Bertz CT molecular complexity index is 388. The average Bonchev–Trinajstić information content (AvgIpc) is 2.28. The largest absolute Gasteiger partial charge is 0.480 e. The van der Waals surface area contributed by atoms with Crippen LogP contribution in [0.2, 0.25) is 0 Å². The molecular formula is C14H20O2S. The van der Waals surface area contributed by atoms with E-state index in [4.69, 9.17) is 0 Å². The minimum Gasteiger partial charge on any atom is -0.480 e. The molecule has 0 bridgehead atoms. The van der Waals surface area contributed by atoms with Gasteiger partial charge < -0.3 is 5.11 Å². The number of carboxylic acids is 1. The van der Waals surface area contributed by atoms with Crippen LogP contribution in [0.4, 0.5) is 0 Å². The number of benzene rings is 1. The molecule has 94 valence electrons. The Balaban J connectivity index is 2.78. The molecule has 1 aromatic carbocycles. The molecule has 0 heterocycles. The molecule has 17 heavy (non-hydrogen) atoms. The summed E-state index contributed by atoms with van der Waals surface area (Å²) in [6.07, 6.45) is 2.75. The summed E-state index contributed by atoms with van der Waals surface area (Å²) in [4.78, 5) is 12.3. The molecular weight excluding hydrogens is 232 g/mol. The normalized spacial score (nSPS) is 12.4. The van der Waals surface area contributed by atoms with E-state index in [2.05, 4.69) is 25.1 Å². The molecule has 3 heteroatoms. The van der Waals surface area contributed by atoms with E-state index in [0.29, 0.717) is 0 Å². The number of carboxylic acid groups (broad SMARTS) is 1. The third-order valence-corrected chi connectivity index (χ3v) is 4.12. The van der Waals surface area contributed by atoms with Crippen molar-refractivity contribution in [2.45, 2.75) is 50.2 Å². The molecule has 0 aromatic heterocycles. The summed E-state index contributed by atoms with van der Waals surface area (Å²) in [7, 11) is 0. The lowest BCUT2D eigenvalue weighted by Crippen LogP contribution is -2.16. The predicted octanol–water partition coefficient (Wildman–Crippen LogP) is 4.04. The molecule has 1 atom stereocenters. The fourth-order valence-corrected chi connectivity index (χ4v) is 2.81. The van der Waals surface area contributed by atoms with Gasteiger partial charge in [-0.3, -0.25) is 4.79 Å². The topological polar surface area (TPSA) is 37.3 Å². The highest BCUT2D eigenvalue weighted by atomic mass is 32.2. The molecule has 0 aliphatic heterocycles. The smallest absolute Gasteiger partial charge is 0.316 e. The first-order chi connectivity index (χ1) is 8.04. The zero-order valence-corrected chi connectivity index (χ0v) is 11.5. The second-order valence-electron chi connectivity index (χ2n) is 4.36. The van der Waals surface area contributed by atoms with Crippen molar-refractivity contribution in [3.8, 4) is 0 Å². The molecule has 0 saturated carbocycles. The first-order valence-corrected chi connectivity index (χ1v) is 6.89. The maximum absolute atomic E-state index is 11.2. The molecule has 1 N–H and O–H groups in total. The fourth-order valence-electron chi connectivity index (χ4n) is 1.61. The van der Waals surface area contributed by atoms with Crippen LogP contribution in [0.3, 0.4) is 0 Å². The van der Waals surface area contributed by atoms with Gasteiger partial charge in [-0.15, -0.1) is 11.8 Å². The van der Waals surface area contributed by atoms with Crippen molar-refractivity contribution in [3.63, 3.8) is 0 Å². The summed E-state index contributed by atoms with van der Waals surface area (Å²) in [5, 5.41) is 8.88. The number of hydrogen-bond donors (Lipinski definition) is 1. The molecule has 0 aliphatic rings. The highest BCUT2D eigenvalue weighted by molar-refractivity contribution is 8.00. The van der Waals surface area contributed by atoms with Crippen molar-refractivity contribution in [1.29, 1.82) is 0 Å². The Labute approximate surface area is 107 Å². The lowest BCUT2D eigenvalue weighted by Gasteiger charge is -2.13. The van der Waals surface area contributed by atoms with Gasteiger partial charge in [0.25, 0.3) is 0 Å². The van der Waals surface area contributed by atoms with Gasteiger partial charge in [0.1, 0.15) is 5.25 Å². The summed E-state index contributed by atoms with van der Waals surface area (Å²) in [5.74, 6) is -0.704. The monoisotopic (exact) mass is 252 g/mol. The number of thioether (sulfide) groups is 1. The minimum absolute atomic E-state index is 0.324. The Morgan fingerprint density at radius 3 is 2.71 bits per heavy atom. The van der Waals surface area contributed by atoms with Crippen molar-refractivity contribution in [2.75, 3.05) is 0 Å². The summed E-state index contributed by atoms with van der Waals surface area (Å²) in [6, 6.07) is 6.18. The van der Waals surface area contributed by atoms with Crippen molar-refractivity contribution in [2.24, 2.45) is 0 Å². The van der Waals surface area contributed by atoms with Crippen LogP contribution < -0.4 is 0 Å². The average molecular weight is 252 g/mol. The van der Waals surface area contributed by atoms with Crippen LogP contribution in [0.1, 0.15) is 37.3 Å². The SMILES string of the molecule is CCCCC(Sc1cc(C)ccc1C)C(=O)O. The van der Waals surface area contributed by atoms with Crippen molar-refractivity contribution < 1.29 is 9.90 Å². The third-order valence-electron chi connectivity index (χ3n) is 2.71. The van der Waals surface area contributed by atoms with Gasteiger partial charge in [0, 0.05) is 4.90 Å². The van der Waals surface area contributed by atoms with Gasteiger partial charge in [-0.1, -0.05) is 37.5 Å². The van der Waals surface area contributed by atoms with Gasteiger partial charge in [-0.2, -0.15) is 0 Å². The molecule has 1 aromatic rings. The number of carbonyl (C=O) groups is 1. The zero-order valence-electron chi connectivity index (χ0n) is 10.7. The Kier molecular flexibility index (Phi) is 5.56. The lowest BCUT2D eigenvalue weighted by atomic mass is 10.2. The molecule has 0 radical (unpaired) electrons. The first kappa shape index (κ1) is 14.1.